The first kappa shape index (κ1) is 24.2. The molecule has 1 amide bonds. The molecule has 0 aromatic heterocycles. The Morgan fingerprint density at radius 1 is 1.20 bits per heavy atom. The molecule has 0 heterocycles. The van der Waals surface area contributed by atoms with Gasteiger partial charge in [-0.15, -0.1) is 0 Å². The summed E-state index contributed by atoms with van der Waals surface area (Å²) in [5.74, 6) is 1.13. The molecule has 1 aliphatic carbocycles. The zero-order chi connectivity index (χ0) is 21.9. The molecule has 0 aliphatic heterocycles. The molecule has 168 valence electrons. The van der Waals surface area contributed by atoms with E-state index in [9.17, 15) is 4.79 Å². The van der Waals surface area contributed by atoms with Crippen LogP contribution in [-0.2, 0) is 11.3 Å². The van der Waals surface area contributed by atoms with Gasteiger partial charge in [0.1, 0.15) is 0 Å². The van der Waals surface area contributed by atoms with Crippen molar-refractivity contribution in [3.05, 3.63) is 35.9 Å². The predicted molar refractivity (Wildman–Crippen MR) is 126 cm³/mol. The number of carbonyl (C=O) groups excluding carboxylic acids is 1. The third-order valence-electron chi connectivity index (χ3n) is 5.92. The lowest BCUT2D eigenvalue weighted by Gasteiger charge is -2.31. The molecule has 1 aromatic rings. The first-order chi connectivity index (χ1) is 14.4. The van der Waals surface area contributed by atoms with Crippen molar-refractivity contribution in [1.29, 1.82) is 0 Å². The van der Waals surface area contributed by atoms with E-state index < -0.39 is 0 Å². The lowest BCUT2D eigenvalue weighted by atomic mass is 9.85. The summed E-state index contributed by atoms with van der Waals surface area (Å²) < 4.78 is 0. The summed E-state index contributed by atoms with van der Waals surface area (Å²) in [7, 11) is 3.99. The molecule has 2 rings (SSSR count). The van der Waals surface area contributed by atoms with Gasteiger partial charge >= 0.3 is 0 Å². The monoisotopic (exact) mass is 415 g/mol. The van der Waals surface area contributed by atoms with Crippen molar-refractivity contribution < 1.29 is 4.79 Å². The van der Waals surface area contributed by atoms with Gasteiger partial charge in [-0.25, -0.2) is 0 Å². The van der Waals surface area contributed by atoms with E-state index in [0.29, 0.717) is 12.1 Å². The van der Waals surface area contributed by atoms with E-state index in [1.54, 1.807) is 0 Å². The summed E-state index contributed by atoms with van der Waals surface area (Å²) in [6.45, 7) is 8.11. The molecule has 1 aromatic carbocycles. The molecule has 0 spiro atoms. The number of rotatable bonds is 9. The zero-order valence-electron chi connectivity index (χ0n) is 19.4. The second-order valence-electron chi connectivity index (χ2n) is 8.91. The van der Waals surface area contributed by atoms with Crippen molar-refractivity contribution in [2.24, 2.45) is 10.9 Å². The quantitative estimate of drug-likeness (QED) is 0.428. The maximum absolute atomic E-state index is 12.4. The maximum Gasteiger partial charge on any atom is 0.223 e. The maximum atomic E-state index is 12.4. The van der Waals surface area contributed by atoms with Crippen LogP contribution in [0, 0.1) is 5.92 Å². The highest BCUT2D eigenvalue weighted by Gasteiger charge is 2.28. The minimum absolute atomic E-state index is 0.100. The number of amides is 1. The van der Waals surface area contributed by atoms with Crippen LogP contribution in [0.3, 0.4) is 0 Å². The molecule has 0 bridgehead atoms. The molecule has 3 unspecified atom stereocenters. The zero-order valence-corrected chi connectivity index (χ0v) is 19.4. The third kappa shape index (κ3) is 8.34. The number of hydrogen-bond acceptors (Lipinski definition) is 3. The highest BCUT2D eigenvalue weighted by atomic mass is 16.1. The largest absolute Gasteiger partial charge is 0.356 e. The van der Waals surface area contributed by atoms with Gasteiger partial charge in [0.2, 0.25) is 5.91 Å². The molecule has 1 saturated carbocycles. The van der Waals surface area contributed by atoms with E-state index in [0.717, 1.165) is 51.2 Å². The van der Waals surface area contributed by atoms with E-state index >= 15 is 0 Å². The lowest BCUT2D eigenvalue weighted by molar-refractivity contribution is -0.126. The van der Waals surface area contributed by atoms with Gasteiger partial charge in [-0.05, 0) is 59.1 Å². The summed E-state index contributed by atoms with van der Waals surface area (Å²) >= 11 is 0. The number of benzene rings is 1. The van der Waals surface area contributed by atoms with Gasteiger partial charge in [0.25, 0.3) is 0 Å². The number of nitrogens with one attached hydrogen (secondary N) is 3. The number of guanidine groups is 1. The second kappa shape index (κ2) is 12.6. The highest BCUT2D eigenvalue weighted by Crippen LogP contribution is 2.24. The summed E-state index contributed by atoms with van der Waals surface area (Å²) in [4.78, 5) is 19.1. The number of carbonyl (C=O) groups is 1. The number of hydrogen-bond donors (Lipinski definition) is 3. The normalized spacial score (nSPS) is 20.8. The van der Waals surface area contributed by atoms with Crippen LogP contribution in [0.4, 0.5) is 0 Å². The van der Waals surface area contributed by atoms with Crippen LogP contribution in [0.5, 0.6) is 0 Å². The SMILES string of the molecule is CN=C(NCCC(C)N(C)Cc1ccccc1)NC1CCCC(C(=O)NC(C)C)C1. The van der Waals surface area contributed by atoms with E-state index in [1.807, 2.05) is 20.9 Å². The van der Waals surface area contributed by atoms with Gasteiger partial charge in [-0.3, -0.25) is 14.7 Å². The molecule has 1 aliphatic rings. The lowest BCUT2D eigenvalue weighted by Crippen LogP contribution is -2.48. The molecular formula is C24H41N5O. The Bertz CT molecular complexity index is 661. The Labute approximate surface area is 182 Å². The van der Waals surface area contributed by atoms with E-state index in [2.05, 4.69) is 70.1 Å². The minimum Gasteiger partial charge on any atom is -0.356 e. The Balaban J connectivity index is 1.73. The van der Waals surface area contributed by atoms with Gasteiger partial charge in [0, 0.05) is 44.2 Å². The number of nitrogens with zero attached hydrogens (tertiary/aromatic N) is 2. The van der Waals surface area contributed by atoms with Gasteiger partial charge in [0.15, 0.2) is 5.96 Å². The van der Waals surface area contributed by atoms with Crippen LogP contribution in [0.25, 0.3) is 0 Å². The average Bonchev–Trinajstić information content (AvgIpc) is 2.73. The Morgan fingerprint density at radius 2 is 1.93 bits per heavy atom. The summed E-state index contributed by atoms with van der Waals surface area (Å²) in [5.41, 5.74) is 1.34. The van der Waals surface area contributed by atoms with Crippen LogP contribution in [-0.4, -0.2) is 55.5 Å². The number of aliphatic imine (C=N–C) groups is 1. The Kier molecular flexibility index (Phi) is 10.1. The summed E-state index contributed by atoms with van der Waals surface area (Å²) in [5, 5.41) is 10.0. The summed E-state index contributed by atoms with van der Waals surface area (Å²) in [6, 6.07) is 11.5. The molecule has 3 N–H and O–H groups in total. The van der Waals surface area contributed by atoms with Gasteiger partial charge in [-0.2, -0.15) is 0 Å². The van der Waals surface area contributed by atoms with E-state index in [1.165, 1.54) is 5.56 Å². The topological polar surface area (TPSA) is 68.8 Å². The minimum atomic E-state index is 0.100. The predicted octanol–water partition coefficient (Wildman–Crippen LogP) is 3.15. The molecular weight excluding hydrogens is 374 g/mol. The van der Waals surface area contributed by atoms with Crippen molar-refractivity contribution in [2.75, 3.05) is 20.6 Å². The van der Waals surface area contributed by atoms with Gasteiger partial charge < -0.3 is 16.0 Å². The first-order valence-electron chi connectivity index (χ1n) is 11.4. The smallest absolute Gasteiger partial charge is 0.223 e. The van der Waals surface area contributed by atoms with Crippen molar-refractivity contribution in [2.45, 2.75) is 77.5 Å². The summed E-state index contributed by atoms with van der Waals surface area (Å²) in [6.07, 6.45) is 5.05. The van der Waals surface area contributed by atoms with Crippen LogP contribution in [0.2, 0.25) is 0 Å². The van der Waals surface area contributed by atoms with Crippen molar-refractivity contribution in [1.82, 2.24) is 20.9 Å². The van der Waals surface area contributed by atoms with Crippen LogP contribution < -0.4 is 16.0 Å². The van der Waals surface area contributed by atoms with Gasteiger partial charge in [0.05, 0.1) is 0 Å². The van der Waals surface area contributed by atoms with E-state index in [-0.39, 0.29) is 17.9 Å². The van der Waals surface area contributed by atoms with Crippen LogP contribution >= 0.6 is 0 Å². The highest BCUT2D eigenvalue weighted by molar-refractivity contribution is 5.81. The third-order valence-corrected chi connectivity index (χ3v) is 5.92. The molecule has 0 saturated heterocycles. The van der Waals surface area contributed by atoms with E-state index in [4.69, 9.17) is 0 Å². The van der Waals surface area contributed by atoms with Crippen LogP contribution in [0.1, 0.15) is 58.4 Å². The standard InChI is InChI=1S/C24H41N5O/c1-18(2)27-23(30)21-12-9-13-22(16-21)28-24(25-4)26-15-14-19(3)29(5)17-20-10-7-6-8-11-20/h6-8,10-11,18-19,21-22H,9,12-17H2,1-5H3,(H,27,30)(H2,25,26,28). The van der Waals surface area contributed by atoms with Crippen molar-refractivity contribution >= 4 is 11.9 Å². The fraction of sp³-hybridized carbons (Fsp3) is 0.667. The Morgan fingerprint density at radius 3 is 2.60 bits per heavy atom. The fourth-order valence-corrected chi connectivity index (χ4v) is 4.00. The van der Waals surface area contributed by atoms with Gasteiger partial charge in [-0.1, -0.05) is 36.8 Å². The molecule has 1 fully saturated rings. The van der Waals surface area contributed by atoms with Crippen LogP contribution in [0.15, 0.2) is 35.3 Å². The molecule has 6 nitrogen and oxygen atoms in total. The second-order valence-corrected chi connectivity index (χ2v) is 8.91. The molecule has 30 heavy (non-hydrogen) atoms. The Hall–Kier alpha value is -2.08. The average molecular weight is 416 g/mol. The van der Waals surface area contributed by atoms with Crippen molar-refractivity contribution in [3.8, 4) is 0 Å². The van der Waals surface area contributed by atoms with Crippen molar-refractivity contribution in [3.63, 3.8) is 0 Å². The first-order valence-corrected chi connectivity index (χ1v) is 11.4. The fourth-order valence-electron chi connectivity index (χ4n) is 4.00. The molecule has 0 radical (unpaired) electrons. The molecule has 3 atom stereocenters. The molecule has 6 heteroatoms.